The number of pyridine rings is 1. The minimum atomic E-state index is -0.202. The SMILES string of the molecule is COc1ccc(Cn2c(COc3ccc(Cc4ccccc4)cc3)nc3c(CN)nccc3c2=O)c(OC)c1. The maximum atomic E-state index is 13.7. The lowest BCUT2D eigenvalue weighted by atomic mass is 10.1. The Bertz CT molecular complexity index is 1630. The van der Waals surface area contributed by atoms with Crippen molar-refractivity contribution in [1.29, 1.82) is 0 Å². The lowest BCUT2D eigenvalue weighted by Gasteiger charge is -2.17. The van der Waals surface area contributed by atoms with Gasteiger partial charge in [0.2, 0.25) is 0 Å². The summed E-state index contributed by atoms with van der Waals surface area (Å²) in [5.74, 6) is 2.42. The third-order valence-electron chi connectivity index (χ3n) is 6.59. The van der Waals surface area contributed by atoms with Crippen LogP contribution in [0, 0.1) is 0 Å². The fraction of sp³-hybridized carbons (Fsp3) is 0.194. The Kier molecular flexibility index (Phi) is 7.84. The van der Waals surface area contributed by atoms with Crippen LogP contribution in [-0.2, 0) is 26.1 Å². The zero-order chi connectivity index (χ0) is 27.2. The number of aromatic nitrogens is 3. The van der Waals surface area contributed by atoms with Crippen LogP contribution < -0.4 is 25.5 Å². The summed E-state index contributed by atoms with van der Waals surface area (Å²) in [5, 5.41) is 0.451. The first-order valence-electron chi connectivity index (χ1n) is 12.6. The van der Waals surface area contributed by atoms with Gasteiger partial charge in [-0.15, -0.1) is 0 Å². The molecule has 0 aliphatic carbocycles. The molecule has 0 radical (unpaired) electrons. The first-order valence-corrected chi connectivity index (χ1v) is 12.6. The largest absolute Gasteiger partial charge is 0.497 e. The van der Waals surface area contributed by atoms with Gasteiger partial charge in [0.05, 0.1) is 31.8 Å². The predicted octanol–water partition coefficient (Wildman–Crippen LogP) is 4.49. The van der Waals surface area contributed by atoms with Gasteiger partial charge in [0.25, 0.3) is 5.56 Å². The smallest absolute Gasteiger partial charge is 0.261 e. The van der Waals surface area contributed by atoms with Gasteiger partial charge in [-0.05, 0) is 47.9 Å². The molecule has 0 unspecified atom stereocenters. The minimum Gasteiger partial charge on any atom is -0.497 e. The van der Waals surface area contributed by atoms with Gasteiger partial charge in [-0.25, -0.2) is 4.98 Å². The van der Waals surface area contributed by atoms with Crippen molar-refractivity contribution in [3.8, 4) is 17.2 Å². The molecule has 198 valence electrons. The second-order valence-corrected chi connectivity index (χ2v) is 9.05. The van der Waals surface area contributed by atoms with Crippen molar-refractivity contribution in [3.63, 3.8) is 0 Å². The Morgan fingerprint density at radius 3 is 2.33 bits per heavy atom. The molecule has 0 spiro atoms. The number of hydrogen-bond donors (Lipinski definition) is 1. The molecule has 8 heteroatoms. The zero-order valence-electron chi connectivity index (χ0n) is 22.0. The highest BCUT2D eigenvalue weighted by Gasteiger charge is 2.17. The molecule has 39 heavy (non-hydrogen) atoms. The average Bonchev–Trinajstić information content (AvgIpc) is 2.98. The summed E-state index contributed by atoms with van der Waals surface area (Å²) < 4.78 is 18.6. The number of methoxy groups -OCH3 is 2. The Hall–Kier alpha value is -4.69. The molecular weight excluding hydrogens is 492 g/mol. The zero-order valence-corrected chi connectivity index (χ0v) is 22.0. The Morgan fingerprint density at radius 2 is 1.62 bits per heavy atom. The highest BCUT2D eigenvalue weighted by Crippen LogP contribution is 2.26. The second-order valence-electron chi connectivity index (χ2n) is 9.05. The van der Waals surface area contributed by atoms with E-state index in [0.717, 1.165) is 12.0 Å². The number of benzene rings is 3. The maximum Gasteiger partial charge on any atom is 0.261 e. The molecule has 8 nitrogen and oxygen atoms in total. The van der Waals surface area contributed by atoms with Gasteiger partial charge >= 0.3 is 0 Å². The van der Waals surface area contributed by atoms with E-state index in [2.05, 4.69) is 17.1 Å². The van der Waals surface area contributed by atoms with Crippen molar-refractivity contribution in [2.45, 2.75) is 26.1 Å². The van der Waals surface area contributed by atoms with E-state index < -0.39 is 0 Å². The number of fused-ring (bicyclic) bond motifs is 1. The predicted molar refractivity (Wildman–Crippen MR) is 150 cm³/mol. The van der Waals surface area contributed by atoms with Crippen LogP contribution in [0.2, 0.25) is 0 Å². The molecule has 5 rings (SSSR count). The Labute approximate surface area is 226 Å². The van der Waals surface area contributed by atoms with Gasteiger partial charge in [-0.3, -0.25) is 14.3 Å². The molecule has 0 saturated heterocycles. The van der Waals surface area contributed by atoms with Crippen LogP contribution in [0.3, 0.4) is 0 Å². The molecular formula is C31H30N4O4. The van der Waals surface area contributed by atoms with E-state index in [-0.39, 0.29) is 25.3 Å². The molecule has 0 aliphatic rings. The summed E-state index contributed by atoms with van der Waals surface area (Å²) in [4.78, 5) is 22.8. The molecule has 5 aromatic rings. The number of hydrogen-bond acceptors (Lipinski definition) is 7. The van der Waals surface area contributed by atoms with E-state index in [0.29, 0.717) is 39.7 Å². The van der Waals surface area contributed by atoms with Gasteiger partial charge < -0.3 is 19.9 Å². The summed E-state index contributed by atoms with van der Waals surface area (Å²) in [7, 11) is 3.18. The molecule has 2 N–H and O–H groups in total. The highest BCUT2D eigenvalue weighted by atomic mass is 16.5. The van der Waals surface area contributed by atoms with Gasteiger partial charge in [0.15, 0.2) is 5.82 Å². The fourth-order valence-corrected chi connectivity index (χ4v) is 4.51. The second kappa shape index (κ2) is 11.8. The summed E-state index contributed by atoms with van der Waals surface area (Å²) in [5.41, 5.74) is 9.98. The van der Waals surface area contributed by atoms with E-state index in [9.17, 15) is 4.79 Å². The number of rotatable bonds is 10. The van der Waals surface area contributed by atoms with E-state index in [4.69, 9.17) is 24.9 Å². The molecule has 2 heterocycles. The average molecular weight is 523 g/mol. The maximum absolute atomic E-state index is 13.7. The van der Waals surface area contributed by atoms with Gasteiger partial charge in [-0.2, -0.15) is 0 Å². The molecule has 0 fully saturated rings. The van der Waals surface area contributed by atoms with Crippen molar-refractivity contribution in [3.05, 3.63) is 124 Å². The standard InChI is InChI=1S/C31H30N4O4/c1-37-25-13-10-23(28(17-25)38-2)19-35-29(34-30-26(31(35)36)14-15-33-27(30)18-32)20-39-24-11-8-22(9-12-24)16-21-6-4-3-5-7-21/h3-15,17H,16,18-20,32H2,1-2H3. The molecule has 0 amide bonds. The highest BCUT2D eigenvalue weighted by molar-refractivity contribution is 5.79. The van der Waals surface area contributed by atoms with E-state index in [1.807, 2.05) is 54.6 Å². The summed E-state index contributed by atoms with van der Waals surface area (Å²) >= 11 is 0. The Balaban J connectivity index is 1.47. The van der Waals surface area contributed by atoms with Crippen LogP contribution in [0.4, 0.5) is 0 Å². The molecule has 0 aliphatic heterocycles. The van der Waals surface area contributed by atoms with Crippen LogP contribution >= 0.6 is 0 Å². The first-order chi connectivity index (χ1) is 19.1. The number of ether oxygens (including phenoxy) is 3. The van der Waals surface area contributed by atoms with Gasteiger partial charge in [0, 0.05) is 24.4 Å². The normalized spacial score (nSPS) is 10.9. The van der Waals surface area contributed by atoms with Crippen LogP contribution in [0.25, 0.3) is 10.9 Å². The third-order valence-corrected chi connectivity index (χ3v) is 6.59. The lowest BCUT2D eigenvalue weighted by Crippen LogP contribution is -2.28. The van der Waals surface area contributed by atoms with Crippen molar-refractivity contribution >= 4 is 10.9 Å². The van der Waals surface area contributed by atoms with Crippen LogP contribution in [0.5, 0.6) is 17.2 Å². The summed E-state index contributed by atoms with van der Waals surface area (Å²) in [6.45, 7) is 0.494. The monoisotopic (exact) mass is 522 g/mol. The van der Waals surface area contributed by atoms with Gasteiger partial charge in [0.1, 0.15) is 29.4 Å². The van der Waals surface area contributed by atoms with Crippen LogP contribution in [0.15, 0.2) is 89.9 Å². The number of nitrogens with zero attached hydrogens (tertiary/aromatic N) is 3. The quantitative estimate of drug-likeness (QED) is 0.288. The Morgan fingerprint density at radius 1 is 0.872 bits per heavy atom. The van der Waals surface area contributed by atoms with Crippen molar-refractivity contribution in [1.82, 2.24) is 14.5 Å². The molecule has 2 aromatic heterocycles. The third kappa shape index (κ3) is 5.76. The molecule has 0 atom stereocenters. The van der Waals surface area contributed by atoms with E-state index in [1.54, 1.807) is 37.1 Å². The van der Waals surface area contributed by atoms with Crippen molar-refractivity contribution in [2.24, 2.45) is 5.73 Å². The fourth-order valence-electron chi connectivity index (χ4n) is 4.51. The molecule has 0 saturated carbocycles. The minimum absolute atomic E-state index is 0.0839. The summed E-state index contributed by atoms with van der Waals surface area (Å²) in [6, 6.07) is 25.4. The van der Waals surface area contributed by atoms with Crippen LogP contribution in [-0.4, -0.2) is 28.8 Å². The molecule has 0 bridgehead atoms. The molecule has 3 aromatic carbocycles. The van der Waals surface area contributed by atoms with E-state index in [1.165, 1.54) is 11.1 Å². The van der Waals surface area contributed by atoms with Crippen molar-refractivity contribution < 1.29 is 14.2 Å². The van der Waals surface area contributed by atoms with Crippen LogP contribution in [0.1, 0.15) is 28.2 Å². The topological polar surface area (TPSA) is 101 Å². The van der Waals surface area contributed by atoms with Crippen molar-refractivity contribution in [2.75, 3.05) is 14.2 Å². The lowest BCUT2D eigenvalue weighted by molar-refractivity contribution is 0.287. The van der Waals surface area contributed by atoms with Gasteiger partial charge in [-0.1, -0.05) is 42.5 Å². The number of nitrogens with two attached hydrogens (primary N) is 1. The van der Waals surface area contributed by atoms with E-state index >= 15 is 0 Å². The first kappa shape index (κ1) is 25.9. The summed E-state index contributed by atoms with van der Waals surface area (Å²) in [6.07, 6.45) is 2.42.